The van der Waals surface area contributed by atoms with Crippen LogP contribution in [0.3, 0.4) is 0 Å². The van der Waals surface area contributed by atoms with Gasteiger partial charge in [-0.2, -0.15) is 5.26 Å². The maximum Gasteiger partial charge on any atom is 0.245 e. The van der Waals surface area contributed by atoms with Crippen molar-refractivity contribution in [3.05, 3.63) is 29.8 Å². The van der Waals surface area contributed by atoms with E-state index in [0.29, 0.717) is 11.3 Å². The molecule has 23 heavy (non-hydrogen) atoms. The Hall–Kier alpha value is -2.68. The molecule has 0 spiro atoms. The molecule has 1 N–H and O–H groups in total. The summed E-state index contributed by atoms with van der Waals surface area (Å²) in [5, 5.41) is 11.6. The summed E-state index contributed by atoms with van der Waals surface area (Å²) in [6, 6.07) is 7.92. The molecule has 0 aliphatic heterocycles. The second-order valence-electron chi connectivity index (χ2n) is 5.47. The molecule has 0 aromatic heterocycles. The van der Waals surface area contributed by atoms with E-state index < -0.39 is 23.7 Å². The van der Waals surface area contributed by atoms with Crippen LogP contribution in [-0.2, 0) is 9.59 Å². The van der Waals surface area contributed by atoms with Gasteiger partial charge >= 0.3 is 0 Å². The van der Waals surface area contributed by atoms with Crippen LogP contribution in [0.4, 0.5) is 0 Å². The van der Waals surface area contributed by atoms with Gasteiger partial charge in [0.05, 0.1) is 6.07 Å². The van der Waals surface area contributed by atoms with E-state index in [0.717, 1.165) is 0 Å². The minimum Gasteiger partial charge on any atom is -0.483 e. The van der Waals surface area contributed by atoms with Crippen LogP contribution in [-0.4, -0.2) is 29.6 Å². The normalized spacial score (nSPS) is 12.9. The third kappa shape index (κ3) is 5.22. The number of amides is 1. The summed E-state index contributed by atoms with van der Waals surface area (Å²) in [4.78, 5) is 35.5. The molecule has 2 atom stereocenters. The van der Waals surface area contributed by atoms with Crippen molar-refractivity contribution in [3.63, 3.8) is 0 Å². The van der Waals surface area contributed by atoms with Gasteiger partial charge in [-0.3, -0.25) is 14.4 Å². The summed E-state index contributed by atoms with van der Waals surface area (Å²) in [5.74, 6) is -2.48. The highest BCUT2D eigenvalue weighted by Gasteiger charge is 2.31. The number of nitriles is 1. The smallest absolute Gasteiger partial charge is 0.245 e. The molecule has 0 aliphatic carbocycles. The first-order chi connectivity index (χ1) is 10.8. The van der Waals surface area contributed by atoms with E-state index in [1.165, 1.54) is 19.9 Å². The Morgan fingerprint density at radius 2 is 1.87 bits per heavy atom. The average Bonchev–Trinajstić information content (AvgIpc) is 2.47. The predicted molar refractivity (Wildman–Crippen MR) is 83.9 cm³/mol. The topological polar surface area (TPSA) is 96.3 Å². The van der Waals surface area contributed by atoms with Crippen LogP contribution in [0.1, 0.15) is 38.1 Å². The molecule has 122 valence electrons. The lowest BCUT2D eigenvalue weighted by atomic mass is 10.0. The summed E-state index contributed by atoms with van der Waals surface area (Å²) >= 11 is 0. The molecular formula is C17H20N2O4. The van der Waals surface area contributed by atoms with Crippen molar-refractivity contribution in [2.75, 3.05) is 0 Å². The third-order valence-electron chi connectivity index (χ3n) is 3.06. The average molecular weight is 316 g/mol. The summed E-state index contributed by atoms with van der Waals surface area (Å²) in [7, 11) is 0. The number of rotatable bonds is 7. The van der Waals surface area contributed by atoms with Gasteiger partial charge in [0, 0.05) is 11.6 Å². The Kier molecular flexibility index (Phi) is 6.46. The van der Waals surface area contributed by atoms with E-state index >= 15 is 0 Å². The number of nitrogens with one attached hydrogen (secondary N) is 1. The van der Waals surface area contributed by atoms with E-state index in [1.54, 1.807) is 38.1 Å². The van der Waals surface area contributed by atoms with Gasteiger partial charge in [0.2, 0.25) is 5.91 Å². The number of ether oxygens (including phenoxy) is 1. The fraction of sp³-hybridized carbons (Fsp3) is 0.412. The molecule has 1 amide bonds. The third-order valence-corrected chi connectivity index (χ3v) is 3.06. The van der Waals surface area contributed by atoms with Crippen molar-refractivity contribution in [1.82, 2.24) is 5.32 Å². The van der Waals surface area contributed by atoms with E-state index in [9.17, 15) is 14.4 Å². The zero-order valence-electron chi connectivity index (χ0n) is 13.6. The Morgan fingerprint density at radius 3 is 2.39 bits per heavy atom. The van der Waals surface area contributed by atoms with Crippen molar-refractivity contribution in [2.45, 2.75) is 39.8 Å². The van der Waals surface area contributed by atoms with Crippen LogP contribution < -0.4 is 10.1 Å². The van der Waals surface area contributed by atoms with Crippen LogP contribution in [0.15, 0.2) is 24.3 Å². The molecular weight excluding hydrogens is 296 g/mol. The Morgan fingerprint density at radius 1 is 1.22 bits per heavy atom. The number of benzene rings is 1. The van der Waals surface area contributed by atoms with Crippen LogP contribution in [0.25, 0.3) is 0 Å². The fourth-order valence-corrected chi connectivity index (χ4v) is 1.90. The van der Waals surface area contributed by atoms with E-state index in [4.69, 9.17) is 10.00 Å². The Labute approximate surface area is 135 Å². The molecule has 0 fully saturated rings. The molecule has 0 saturated heterocycles. The van der Waals surface area contributed by atoms with Gasteiger partial charge < -0.3 is 10.1 Å². The van der Waals surface area contributed by atoms with E-state index in [1.807, 2.05) is 0 Å². The van der Waals surface area contributed by atoms with Crippen molar-refractivity contribution in [1.29, 1.82) is 5.26 Å². The van der Waals surface area contributed by atoms with E-state index in [-0.39, 0.29) is 11.8 Å². The molecule has 1 aromatic rings. The molecule has 1 aromatic carbocycles. The van der Waals surface area contributed by atoms with Gasteiger partial charge in [-0.1, -0.05) is 12.1 Å². The monoisotopic (exact) mass is 316 g/mol. The highest BCUT2D eigenvalue weighted by atomic mass is 16.5. The summed E-state index contributed by atoms with van der Waals surface area (Å²) in [6.07, 6.45) is -0.986. The Bertz CT molecular complexity index is 646. The fourth-order valence-electron chi connectivity index (χ4n) is 1.90. The number of carbonyl (C=O) groups is 3. The van der Waals surface area contributed by atoms with Gasteiger partial charge in [-0.25, -0.2) is 0 Å². The number of nitrogens with zero attached hydrogens (tertiary/aromatic N) is 1. The van der Waals surface area contributed by atoms with Crippen molar-refractivity contribution >= 4 is 17.5 Å². The van der Waals surface area contributed by atoms with Crippen LogP contribution >= 0.6 is 0 Å². The van der Waals surface area contributed by atoms with Gasteiger partial charge in [-0.05, 0) is 39.8 Å². The first kappa shape index (κ1) is 18.4. The SMILES string of the molecule is CC(=O)c1cccc(O[C@@H](C)C(=O)[C@@H](C#N)C(=O)NC(C)C)c1. The molecule has 0 radical (unpaired) electrons. The molecule has 0 saturated carbocycles. The van der Waals surface area contributed by atoms with Crippen LogP contribution in [0.5, 0.6) is 5.75 Å². The Balaban J connectivity index is 2.83. The maximum absolute atomic E-state index is 12.2. The van der Waals surface area contributed by atoms with Gasteiger partial charge in [0.1, 0.15) is 5.75 Å². The summed E-state index contributed by atoms with van der Waals surface area (Å²) in [5.41, 5.74) is 0.455. The largest absolute Gasteiger partial charge is 0.483 e. The number of hydrogen-bond acceptors (Lipinski definition) is 5. The molecule has 0 bridgehead atoms. The second kappa shape index (κ2) is 8.08. The number of Topliss-reactive ketones (excluding diaryl/α,β-unsaturated/α-hetero) is 2. The van der Waals surface area contributed by atoms with Crippen molar-refractivity contribution in [3.8, 4) is 11.8 Å². The lowest BCUT2D eigenvalue weighted by Crippen LogP contribution is -2.42. The quantitative estimate of drug-likeness (QED) is 0.612. The number of ketones is 2. The number of carbonyl (C=O) groups excluding carboxylic acids is 3. The summed E-state index contributed by atoms with van der Waals surface area (Å²) in [6.45, 7) is 6.37. The molecule has 0 heterocycles. The molecule has 0 unspecified atom stereocenters. The van der Waals surface area contributed by atoms with Gasteiger partial charge in [0.25, 0.3) is 0 Å². The van der Waals surface area contributed by atoms with E-state index in [2.05, 4.69) is 5.32 Å². The van der Waals surface area contributed by atoms with Crippen LogP contribution in [0, 0.1) is 17.2 Å². The molecule has 1 rings (SSSR count). The van der Waals surface area contributed by atoms with Gasteiger partial charge in [0.15, 0.2) is 23.6 Å². The molecule has 0 aliphatic rings. The zero-order valence-corrected chi connectivity index (χ0v) is 13.6. The minimum atomic E-state index is -1.43. The number of hydrogen-bond donors (Lipinski definition) is 1. The highest BCUT2D eigenvalue weighted by molar-refractivity contribution is 6.05. The van der Waals surface area contributed by atoms with Gasteiger partial charge in [-0.15, -0.1) is 0 Å². The molecule has 6 heteroatoms. The van der Waals surface area contributed by atoms with Crippen molar-refractivity contribution < 1.29 is 19.1 Å². The van der Waals surface area contributed by atoms with Crippen LogP contribution in [0.2, 0.25) is 0 Å². The zero-order chi connectivity index (χ0) is 17.6. The molecule has 6 nitrogen and oxygen atoms in total. The predicted octanol–water partition coefficient (Wildman–Crippen LogP) is 1.89. The maximum atomic E-state index is 12.2. The second-order valence-corrected chi connectivity index (χ2v) is 5.47. The van der Waals surface area contributed by atoms with Crippen molar-refractivity contribution in [2.24, 2.45) is 5.92 Å². The lowest BCUT2D eigenvalue weighted by Gasteiger charge is -2.17. The lowest BCUT2D eigenvalue weighted by molar-refractivity contribution is -0.135. The summed E-state index contributed by atoms with van der Waals surface area (Å²) < 4.78 is 5.47. The highest BCUT2D eigenvalue weighted by Crippen LogP contribution is 2.17. The minimum absolute atomic E-state index is 0.124. The first-order valence-corrected chi connectivity index (χ1v) is 7.27. The first-order valence-electron chi connectivity index (χ1n) is 7.27. The standard InChI is InChI=1S/C17H20N2O4/c1-10(2)19-17(22)15(9-18)16(21)12(4)23-14-7-5-6-13(8-14)11(3)20/h5-8,10,12,15H,1-4H3,(H,19,22)/t12-,15+/m0/s1.